The second kappa shape index (κ2) is 8.20. The fraction of sp³-hybridized carbons (Fsp3) is 0.923. The zero-order chi connectivity index (χ0) is 13.4. The summed E-state index contributed by atoms with van der Waals surface area (Å²) in [5.41, 5.74) is 0. The van der Waals surface area contributed by atoms with E-state index in [0.29, 0.717) is 0 Å². The van der Waals surface area contributed by atoms with Gasteiger partial charge in [-0.25, -0.2) is 0 Å². The summed E-state index contributed by atoms with van der Waals surface area (Å²) < 4.78 is 0.249. The van der Waals surface area contributed by atoms with Gasteiger partial charge in [0.25, 0.3) is 0 Å². The molecule has 0 spiro atoms. The minimum atomic E-state index is 0.249. The van der Waals surface area contributed by atoms with E-state index >= 15 is 0 Å². The van der Waals surface area contributed by atoms with Crippen LogP contribution in [0.25, 0.3) is 0 Å². The lowest BCUT2D eigenvalue weighted by Gasteiger charge is -2.26. The quantitative estimate of drug-likeness (QED) is 0.602. The number of nitrogens with zero attached hydrogens (tertiary/aromatic N) is 1. The molecule has 0 saturated carbocycles. The van der Waals surface area contributed by atoms with Crippen molar-refractivity contribution < 1.29 is 0 Å². The molecule has 0 aromatic carbocycles. The summed E-state index contributed by atoms with van der Waals surface area (Å²) >= 11 is 3.96. The summed E-state index contributed by atoms with van der Waals surface area (Å²) in [4.78, 5) is 4.29. The molecule has 0 amide bonds. The fourth-order valence-electron chi connectivity index (χ4n) is 1.78. The Morgan fingerprint density at radius 3 is 2.56 bits per heavy atom. The minimum Gasteiger partial charge on any atom is -0.356 e. The van der Waals surface area contributed by atoms with Gasteiger partial charge in [-0.2, -0.15) is 23.5 Å². The number of hydrogen-bond acceptors (Lipinski definition) is 3. The van der Waals surface area contributed by atoms with Crippen LogP contribution < -0.4 is 10.6 Å². The van der Waals surface area contributed by atoms with E-state index in [1.54, 1.807) is 0 Å². The summed E-state index contributed by atoms with van der Waals surface area (Å²) in [6.07, 6.45) is 4.83. The molecule has 5 heteroatoms. The third kappa shape index (κ3) is 6.23. The smallest absolute Gasteiger partial charge is 0.191 e. The van der Waals surface area contributed by atoms with Crippen LogP contribution in [0.1, 0.15) is 26.7 Å². The molecule has 0 aromatic heterocycles. The highest BCUT2D eigenvalue weighted by atomic mass is 32.2. The minimum absolute atomic E-state index is 0.249. The molecule has 0 aliphatic carbocycles. The highest BCUT2D eigenvalue weighted by Gasteiger charge is 2.17. The molecule has 1 heterocycles. The van der Waals surface area contributed by atoms with E-state index in [9.17, 15) is 0 Å². The van der Waals surface area contributed by atoms with Crippen LogP contribution in [0.3, 0.4) is 0 Å². The van der Waals surface area contributed by atoms with Crippen LogP contribution in [0.5, 0.6) is 0 Å². The lowest BCUT2D eigenvalue weighted by Crippen LogP contribution is -2.44. The van der Waals surface area contributed by atoms with Gasteiger partial charge in [-0.05, 0) is 50.4 Å². The van der Waals surface area contributed by atoms with E-state index in [-0.39, 0.29) is 4.75 Å². The van der Waals surface area contributed by atoms with Gasteiger partial charge in [0, 0.05) is 24.9 Å². The lowest BCUT2D eigenvalue weighted by atomic mass is 10.0. The standard InChI is InChI=1S/C13H27N3S2/c1-13(2,17-4)10-16-12(14-3)15-9-11-5-7-18-8-6-11/h11H,5-10H2,1-4H3,(H2,14,15,16). The zero-order valence-corrected chi connectivity index (χ0v) is 13.7. The Hall–Kier alpha value is -0.0300. The van der Waals surface area contributed by atoms with Gasteiger partial charge in [0.05, 0.1) is 0 Å². The van der Waals surface area contributed by atoms with Gasteiger partial charge in [0.15, 0.2) is 5.96 Å². The molecule has 0 aromatic rings. The molecule has 3 nitrogen and oxygen atoms in total. The molecule has 1 aliphatic heterocycles. The average molecular weight is 290 g/mol. The molecule has 2 N–H and O–H groups in total. The topological polar surface area (TPSA) is 36.4 Å². The van der Waals surface area contributed by atoms with E-state index in [1.165, 1.54) is 24.3 Å². The van der Waals surface area contributed by atoms with Crippen molar-refractivity contribution in [2.24, 2.45) is 10.9 Å². The third-order valence-electron chi connectivity index (χ3n) is 3.36. The number of nitrogens with one attached hydrogen (secondary N) is 2. The predicted octanol–water partition coefficient (Wildman–Crippen LogP) is 2.44. The summed E-state index contributed by atoms with van der Waals surface area (Å²) in [6, 6.07) is 0. The Balaban J connectivity index is 2.25. The normalized spacial score (nSPS) is 18.8. The van der Waals surface area contributed by atoms with Crippen molar-refractivity contribution in [2.75, 3.05) is 37.9 Å². The summed E-state index contributed by atoms with van der Waals surface area (Å²) in [5.74, 6) is 4.39. The SMILES string of the molecule is CN=C(NCC1CCSCC1)NCC(C)(C)SC. The summed E-state index contributed by atoms with van der Waals surface area (Å²) in [6.45, 7) is 6.49. The molecular weight excluding hydrogens is 262 g/mol. The second-order valence-corrected chi connectivity index (χ2v) is 8.06. The maximum absolute atomic E-state index is 4.29. The number of guanidine groups is 1. The number of thioether (sulfide) groups is 2. The van der Waals surface area contributed by atoms with Crippen molar-refractivity contribution >= 4 is 29.5 Å². The Morgan fingerprint density at radius 2 is 2.00 bits per heavy atom. The average Bonchev–Trinajstić information content (AvgIpc) is 2.40. The van der Waals surface area contributed by atoms with Gasteiger partial charge in [0.1, 0.15) is 0 Å². The van der Waals surface area contributed by atoms with Crippen LogP contribution in [-0.4, -0.2) is 48.6 Å². The van der Waals surface area contributed by atoms with Crippen molar-refractivity contribution in [3.05, 3.63) is 0 Å². The van der Waals surface area contributed by atoms with Crippen molar-refractivity contribution in [3.8, 4) is 0 Å². The fourth-order valence-corrected chi connectivity index (χ4v) is 3.20. The van der Waals surface area contributed by atoms with E-state index in [1.807, 2.05) is 18.8 Å². The Kier molecular flexibility index (Phi) is 7.30. The molecule has 1 aliphatic rings. The van der Waals surface area contributed by atoms with E-state index < -0.39 is 0 Å². The molecule has 106 valence electrons. The Labute approximate surface area is 120 Å². The van der Waals surface area contributed by atoms with Gasteiger partial charge in [0.2, 0.25) is 0 Å². The number of aliphatic imine (C=N–C) groups is 1. The summed E-state index contributed by atoms with van der Waals surface area (Å²) in [7, 11) is 1.85. The molecule has 0 atom stereocenters. The Bertz CT molecular complexity index is 261. The number of rotatable bonds is 5. The molecule has 0 bridgehead atoms. The van der Waals surface area contributed by atoms with E-state index in [0.717, 1.165) is 25.0 Å². The first-order valence-electron chi connectivity index (χ1n) is 6.65. The summed E-state index contributed by atoms with van der Waals surface area (Å²) in [5, 5.41) is 6.87. The highest BCUT2D eigenvalue weighted by molar-refractivity contribution is 8.00. The molecular formula is C13H27N3S2. The van der Waals surface area contributed by atoms with Gasteiger partial charge < -0.3 is 10.6 Å². The van der Waals surface area contributed by atoms with Crippen molar-refractivity contribution in [3.63, 3.8) is 0 Å². The third-order valence-corrected chi connectivity index (χ3v) is 5.66. The van der Waals surface area contributed by atoms with Gasteiger partial charge in [-0.1, -0.05) is 0 Å². The number of hydrogen-bond donors (Lipinski definition) is 2. The van der Waals surface area contributed by atoms with Gasteiger partial charge in [-0.3, -0.25) is 4.99 Å². The lowest BCUT2D eigenvalue weighted by molar-refractivity contribution is 0.478. The van der Waals surface area contributed by atoms with Crippen LogP contribution >= 0.6 is 23.5 Å². The first kappa shape index (κ1) is 16.0. The maximum Gasteiger partial charge on any atom is 0.191 e. The van der Waals surface area contributed by atoms with Crippen molar-refractivity contribution in [2.45, 2.75) is 31.4 Å². The molecule has 0 radical (unpaired) electrons. The van der Waals surface area contributed by atoms with Crippen LogP contribution in [0.4, 0.5) is 0 Å². The van der Waals surface area contributed by atoms with Crippen LogP contribution in [-0.2, 0) is 0 Å². The largest absolute Gasteiger partial charge is 0.356 e. The second-order valence-electron chi connectivity index (χ2n) is 5.33. The first-order chi connectivity index (χ1) is 8.57. The van der Waals surface area contributed by atoms with Crippen LogP contribution in [0.2, 0.25) is 0 Å². The molecule has 1 rings (SSSR count). The van der Waals surface area contributed by atoms with Gasteiger partial charge >= 0.3 is 0 Å². The maximum atomic E-state index is 4.29. The Morgan fingerprint density at radius 1 is 1.33 bits per heavy atom. The molecule has 1 fully saturated rings. The van der Waals surface area contributed by atoms with Crippen LogP contribution in [0.15, 0.2) is 4.99 Å². The predicted molar refractivity (Wildman–Crippen MR) is 87.0 cm³/mol. The van der Waals surface area contributed by atoms with Gasteiger partial charge in [-0.15, -0.1) is 0 Å². The molecule has 0 unspecified atom stereocenters. The van der Waals surface area contributed by atoms with Crippen LogP contribution in [0, 0.1) is 5.92 Å². The molecule has 18 heavy (non-hydrogen) atoms. The van der Waals surface area contributed by atoms with E-state index in [2.05, 4.69) is 47.5 Å². The first-order valence-corrected chi connectivity index (χ1v) is 9.03. The highest BCUT2D eigenvalue weighted by Crippen LogP contribution is 2.22. The van der Waals surface area contributed by atoms with Crippen molar-refractivity contribution in [1.29, 1.82) is 0 Å². The zero-order valence-electron chi connectivity index (χ0n) is 12.1. The van der Waals surface area contributed by atoms with E-state index in [4.69, 9.17) is 0 Å². The molecule has 1 saturated heterocycles. The monoisotopic (exact) mass is 289 g/mol. The van der Waals surface area contributed by atoms with Crippen molar-refractivity contribution in [1.82, 2.24) is 10.6 Å².